The van der Waals surface area contributed by atoms with Crippen LogP contribution in [-0.4, -0.2) is 20.0 Å². The summed E-state index contributed by atoms with van der Waals surface area (Å²) in [5.74, 6) is -0.502. The number of carbonyl (C=O) groups excluding carboxylic acids is 1. The first-order chi connectivity index (χ1) is 5.74. The minimum Gasteiger partial charge on any atom is -0.489 e. The van der Waals surface area contributed by atoms with Crippen LogP contribution in [0.3, 0.4) is 0 Å². The highest BCUT2D eigenvalue weighted by atomic mass is 28.3. The maximum Gasteiger partial charge on any atom is 0.460 e. The maximum absolute atomic E-state index is 10.7. The average Bonchev–Trinajstić information content (AvgIpc) is 2.56. The normalized spacial score (nSPS) is 18.2. The SMILES string of the molecule is C=CC(=O)O[Si](O)C1CCCC1. The third kappa shape index (κ3) is 2.46. The van der Waals surface area contributed by atoms with Crippen LogP contribution < -0.4 is 0 Å². The van der Waals surface area contributed by atoms with Gasteiger partial charge in [0.05, 0.1) is 0 Å². The lowest BCUT2D eigenvalue weighted by molar-refractivity contribution is -0.130. The van der Waals surface area contributed by atoms with E-state index in [1.807, 2.05) is 0 Å². The van der Waals surface area contributed by atoms with Gasteiger partial charge in [0.15, 0.2) is 0 Å². The Morgan fingerprint density at radius 1 is 1.58 bits per heavy atom. The lowest BCUT2D eigenvalue weighted by Gasteiger charge is -2.12. The quantitative estimate of drug-likeness (QED) is 0.530. The monoisotopic (exact) mass is 185 g/mol. The van der Waals surface area contributed by atoms with E-state index in [2.05, 4.69) is 6.58 Å². The van der Waals surface area contributed by atoms with Crippen LogP contribution in [0.1, 0.15) is 25.7 Å². The van der Waals surface area contributed by atoms with Gasteiger partial charge in [-0.3, -0.25) is 0 Å². The van der Waals surface area contributed by atoms with E-state index in [1.165, 1.54) is 0 Å². The van der Waals surface area contributed by atoms with Crippen molar-refractivity contribution in [3.8, 4) is 0 Å². The van der Waals surface area contributed by atoms with Crippen molar-refractivity contribution < 1.29 is 14.0 Å². The molecular formula is C8H13O3Si. The summed E-state index contributed by atoms with van der Waals surface area (Å²) in [6.45, 7) is 3.27. The second-order valence-electron chi connectivity index (χ2n) is 2.94. The Bertz CT molecular complexity index is 175. The molecule has 0 unspecified atom stereocenters. The highest BCUT2D eigenvalue weighted by Gasteiger charge is 2.30. The zero-order valence-corrected chi connectivity index (χ0v) is 7.95. The van der Waals surface area contributed by atoms with Crippen LogP contribution in [0.2, 0.25) is 5.54 Å². The van der Waals surface area contributed by atoms with Crippen LogP contribution in [0.25, 0.3) is 0 Å². The Labute approximate surface area is 73.9 Å². The molecule has 0 saturated heterocycles. The van der Waals surface area contributed by atoms with Crippen molar-refractivity contribution in [3.05, 3.63) is 12.7 Å². The fourth-order valence-corrected chi connectivity index (χ4v) is 2.76. The van der Waals surface area contributed by atoms with Crippen LogP contribution in [-0.2, 0) is 9.22 Å². The van der Waals surface area contributed by atoms with Gasteiger partial charge in [0.1, 0.15) is 0 Å². The van der Waals surface area contributed by atoms with Crippen LogP contribution >= 0.6 is 0 Å². The predicted molar refractivity (Wildman–Crippen MR) is 46.5 cm³/mol. The van der Waals surface area contributed by atoms with Gasteiger partial charge >= 0.3 is 15.3 Å². The summed E-state index contributed by atoms with van der Waals surface area (Å²) in [4.78, 5) is 20.2. The van der Waals surface area contributed by atoms with Crippen LogP contribution in [0, 0.1) is 0 Å². The molecule has 4 heteroatoms. The van der Waals surface area contributed by atoms with Crippen molar-refractivity contribution in [2.45, 2.75) is 31.2 Å². The molecule has 12 heavy (non-hydrogen) atoms. The first kappa shape index (κ1) is 9.47. The first-order valence-electron chi connectivity index (χ1n) is 4.14. The maximum atomic E-state index is 10.7. The summed E-state index contributed by atoms with van der Waals surface area (Å²) in [6, 6.07) is 0. The largest absolute Gasteiger partial charge is 0.489 e. The lowest BCUT2D eigenvalue weighted by atomic mass is 10.4. The summed E-state index contributed by atoms with van der Waals surface area (Å²) in [6.07, 6.45) is 5.37. The van der Waals surface area contributed by atoms with Gasteiger partial charge in [-0.2, -0.15) is 0 Å². The first-order valence-corrected chi connectivity index (χ1v) is 5.57. The van der Waals surface area contributed by atoms with Gasteiger partial charge in [-0.25, -0.2) is 4.79 Å². The summed E-state index contributed by atoms with van der Waals surface area (Å²) < 4.78 is 4.78. The van der Waals surface area contributed by atoms with E-state index in [9.17, 15) is 9.59 Å². The van der Waals surface area contributed by atoms with Crippen LogP contribution in [0.4, 0.5) is 0 Å². The fourth-order valence-electron chi connectivity index (χ4n) is 1.40. The van der Waals surface area contributed by atoms with Crippen molar-refractivity contribution in [3.63, 3.8) is 0 Å². The van der Waals surface area contributed by atoms with Crippen molar-refractivity contribution in [1.82, 2.24) is 0 Å². The van der Waals surface area contributed by atoms with E-state index in [4.69, 9.17) is 4.43 Å². The molecule has 1 N–H and O–H groups in total. The molecule has 1 aliphatic carbocycles. The van der Waals surface area contributed by atoms with Crippen molar-refractivity contribution in [1.29, 1.82) is 0 Å². The van der Waals surface area contributed by atoms with Gasteiger partial charge in [0, 0.05) is 11.6 Å². The molecule has 0 aromatic rings. The molecule has 0 atom stereocenters. The topological polar surface area (TPSA) is 46.5 Å². The molecule has 0 spiro atoms. The molecular weight excluding hydrogens is 172 g/mol. The van der Waals surface area contributed by atoms with Crippen molar-refractivity contribution in [2.75, 3.05) is 0 Å². The second kappa shape index (κ2) is 4.42. The van der Waals surface area contributed by atoms with E-state index in [-0.39, 0.29) is 5.54 Å². The van der Waals surface area contributed by atoms with E-state index in [1.54, 1.807) is 0 Å². The molecule has 3 nitrogen and oxygen atoms in total. The molecule has 0 heterocycles. The average molecular weight is 185 g/mol. The molecule has 1 radical (unpaired) electrons. The van der Waals surface area contributed by atoms with E-state index in [0.717, 1.165) is 31.8 Å². The van der Waals surface area contributed by atoms with Gasteiger partial charge in [-0.15, -0.1) is 0 Å². The molecule has 1 saturated carbocycles. The Kier molecular flexibility index (Phi) is 3.49. The zero-order valence-electron chi connectivity index (χ0n) is 6.95. The molecule has 1 aliphatic rings. The van der Waals surface area contributed by atoms with Gasteiger partial charge in [0.25, 0.3) is 0 Å². The molecule has 1 fully saturated rings. The third-order valence-electron chi connectivity index (χ3n) is 2.08. The van der Waals surface area contributed by atoms with Crippen molar-refractivity contribution in [2.24, 2.45) is 0 Å². The zero-order chi connectivity index (χ0) is 8.97. The Balaban J connectivity index is 2.31. The smallest absolute Gasteiger partial charge is 0.460 e. The highest BCUT2D eigenvalue weighted by Crippen LogP contribution is 2.31. The molecule has 0 bridgehead atoms. The summed E-state index contributed by atoms with van der Waals surface area (Å²) in [5.41, 5.74) is 0.235. The Hall–Kier alpha value is -0.613. The number of hydrogen-bond donors (Lipinski definition) is 1. The molecule has 1 rings (SSSR count). The molecule has 0 aromatic carbocycles. The van der Waals surface area contributed by atoms with Gasteiger partial charge < -0.3 is 9.22 Å². The standard InChI is InChI=1S/C8H13O3Si/c1-2-8(9)11-12(10)7-5-3-4-6-7/h2,7,10H,1,3-6H2. The summed E-state index contributed by atoms with van der Waals surface area (Å²) in [7, 11) is -1.90. The van der Waals surface area contributed by atoms with Crippen LogP contribution in [0.5, 0.6) is 0 Å². The van der Waals surface area contributed by atoms with E-state index >= 15 is 0 Å². The number of hydrogen-bond acceptors (Lipinski definition) is 3. The number of rotatable bonds is 3. The van der Waals surface area contributed by atoms with Gasteiger partial charge in [-0.1, -0.05) is 19.4 Å². The molecule has 0 amide bonds. The van der Waals surface area contributed by atoms with E-state index in [0.29, 0.717) is 0 Å². The van der Waals surface area contributed by atoms with Crippen molar-refractivity contribution >= 4 is 15.3 Å². The molecule has 0 aliphatic heterocycles. The van der Waals surface area contributed by atoms with Crippen LogP contribution in [0.15, 0.2) is 12.7 Å². The minimum absolute atomic E-state index is 0.235. The second-order valence-corrected chi connectivity index (χ2v) is 4.64. The summed E-state index contributed by atoms with van der Waals surface area (Å²) in [5, 5.41) is 0. The lowest BCUT2D eigenvalue weighted by Crippen LogP contribution is -2.25. The summed E-state index contributed by atoms with van der Waals surface area (Å²) >= 11 is 0. The van der Waals surface area contributed by atoms with Gasteiger partial charge in [0.2, 0.25) is 0 Å². The third-order valence-corrected chi connectivity index (χ3v) is 3.76. The number of carbonyl (C=O) groups is 1. The predicted octanol–water partition coefficient (Wildman–Crippen LogP) is 1.14. The van der Waals surface area contributed by atoms with E-state index < -0.39 is 15.3 Å². The van der Waals surface area contributed by atoms with Gasteiger partial charge in [-0.05, 0) is 12.8 Å². The molecule has 67 valence electrons. The highest BCUT2D eigenvalue weighted by molar-refractivity contribution is 6.47. The minimum atomic E-state index is -1.90. The molecule has 0 aromatic heterocycles. The Morgan fingerprint density at radius 2 is 2.17 bits per heavy atom. The fraction of sp³-hybridized carbons (Fsp3) is 0.625. The Morgan fingerprint density at radius 3 is 2.67 bits per heavy atom.